The second-order valence-corrected chi connectivity index (χ2v) is 6.87. The van der Waals surface area contributed by atoms with E-state index in [4.69, 9.17) is 4.74 Å². The number of benzene rings is 2. The number of rotatable bonds is 6. The Bertz CT molecular complexity index is 666. The molecule has 0 saturated heterocycles. The highest BCUT2D eigenvalue weighted by molar-refractivity contribution is 9.10. The quantitative estimate of drug-likeness (QED) is 0.792. The highest BCUT2D eigenvalue weighted by atomic mass is 79.9. The first-order valence-corrected chi connectivity index (χ1v) is 8.51. The first kappa shape index (κ1) is 17.5. The third kappa shape index (κ3) is 5.39. The number of amides is 1. The van der Waals surface area contributed by atoms with Gasteiger partial charge >= 0.3 is 0 Å². The minimum Gasteiger partial charge on any atom is -0.492 e. The molecule has 23 heavy (non-hydrogen) atoms. The van der Waals surface area contributed by atoms with Crippen LogP contribution in [0.25, 0.3) is 0 Å². The summed E-state index contributed by atoms with van der Waals surface area (Å²) < 4.78 is 6.49. The molecule has 2 aromatic rings. The molecule has 0 aliphatic carbocycles. The van der Waals surface area contributed by atoms with Crippen LogP contribution in [0.2, 0.25) is 0 Å². The van der Waals surface area contributed by atoms with Crippen molar-refractivity contribution in [3.8, 4) is 5.75 Å². The molecule has 0 aliphatic heterocycles. The molecule has 0 heterocycles. The first-order valence-electron chi connectivity index (χ1n) is 7.72. The molecule has 122 valence electrons. The Morgan fingerprint density at radius 2 is 1.87 bits per heavy atom. The van der Waals surface area contributed by atoms with Crippen LogP contribution in [-0.2, 0) is 6.54 Å². The average molecular weight is 376 g/mol. The Hall–Kier alpha value is -1.81. The van der Waals surface area contributed by atoms with Gasteiger partial charge in [0.05, 0.1) is 11.1 Å². The number of carbonyl (C=O) groups excluding carboxylic acids is 1. The highest BCUT2D eigenvalue weighted by Gasteiger charge is 2.09. The van der Waals surface area contributed by atoms with Crippen LogP contribution in [0.3, 0.4) is 0 Å². The largest absolute Gasteiger partial charge is 0.492 e. The van der Waals surface area contributed by atoms with Gasteiger partial charge in [-0.15, -0.1) is 0 Å². The molecule has 1 amide bonds. The smallest absolute Gasteiger partial charge is 0.251 e. The summed E-state index contributed by atoms with van der Waals surface area (Å²) in [7, 11) is 0. The van der Waals surface area contributed by atoms with Crippen molar-refractivity contribution in [2.45, 2.75) is 27.3 Å². The van der Waals surface area contributed by atoms with Gasteiger partial charge in [0.2, 0.25) is 0 Å². The molecule has 0 aliphatic rings. The topological polar surface area (TPSA) is 38.3 Å². The van der Waals surface area contributed by atoms with Gasteiger partial charge in [-0.05, 0) is 52.5 Å². The van der Waals surface area contributed by atoms with E-state index in [-0.39, 0.29) is 5.91 Å². The third-order valence-corrected chi connectivity index (χ3v) is 3.96. The van der Waals surface area contributed by atoms with Crippen molar-refractivity contribution in [1.82, 2.24) is 5.32 Å². The van der Waals surface area contributed by atoms with Crippen molar-refractivity contribution in [1.29, 1.82) is 0 Å². The van der Waals surface area contributed by atoms with Gasteiger partial charge in [-0.3, -0.25) is 4.79 Å². The molecule has 0 atom stereocenters. The van der Waals surface area contributed by atoms with Gasteiger partial charge in [0.1, 0.15) is 5.75 Å². The SMILES string of the molecule is Cc1ccc(CNC(=O)c2ccc(OCC(C)C)c(Br)c2)cc1. The molecule has 2 rings (SSSR count). The fourth-order valence-electron chi connectivity index (χ4n) is 2.01. The van der Waals surface area contributed by atoms with Crippen LogP contribution in [0.1, 0.15) is 35.3 Å². The van der Waals surface area contributed by atoms with E-state index in [0.29, 0.717) is 24.6 Å². The molecule has 1 N–H and O–H groups in total. The summed E-state index contributed by atoms with van der Waals surface area (Å²) in [4.78, 5) is 12.2. The number of halogens is 1. The minimum absolute atomic E-state index is 0.0957. The molecule has 0 bridgehead atoms. The predicted molar refractivity (Wildman–Crippen MR) is 96.8 cm³/mol. The van der Waals surface area contributed by atoms with Crippen LogP contribution in [0.15, 0.2) is 46.9 Å². The van der Waals surface area contributed by atoms with Crippen LogP contribution in [0.4, 0.5) is 0 Å². The molecular weight excluding hydrogens is 354 g/mol. The summed E-state index contributed by atoms with van der Waals surface area (Å²) in [6.07, 6.45) is 0. The maximum Gasteiger partial charge on any atom is 0.251 e. The summed E-state index contributed by atoms with van der Waals surface area (Å²) in [6, 6.07) is 13.5. The van der Waals surface area contributed by atoms with Crippen LogP contribution >= 0.6 is 15.9 Å². The molecule has 2 aromatic carbocycles. The van der Waals surface area contributed by atoms with E-state index in [1.54, 1.807) is 12.1 Å². The Kier molecular flexibility index (Phi) is 6.22. The summed E-state index contributed by atoms with van der Waals surface area (Å²) in [5.41, 5.74) is 2.90. The van der Waals surface area contributed by atoms with Gasteiger partial charge in [-0.2, -0.15) is 0 Å². The molecule has 0 fully saturated rings. The van der Waals surface area contributed by atoms with Crippen molar-refractivity contribution >= 4 is 21.8 Å². The maximum absolute atomic E-state index is 12.2. The molecule has 0 saturated carbocycles. The summed E-state index contributed by atoms with van der Waals surface area (Å²) in [5, 5.41) is 2.93. The summed E-state index contributed by atoms with van der Waals surface area (Å²) in [6.45, 7) is 7.41. The standard InChI is InChI=1S/C19H22BrNO2/c1-13(2)12-23-18-9-8-16(10-17(18)20)19(22)21-11-15-6-4-14(3)5-7-15/h4-10,13H,11-12H2,1-3H3,(H,21,22). The van der Waals surface area contributed by atoms with Gasteiger partial charge in [0, 0.05) is 12.1 Å². The second-order valence-electron chi connectivity index (χ2n) is 6.02. The number of hydrogen-bond acceptors (Lipinski definition) is 2. The van der Waals surface area contributed by atoms with Crippen LogP contribution < -0.4 is 10.1 Å². The fraction of sp³-hybridized carbons (Fsp3) is 0.316. The summed E-state index contributed by atoms with van der Waals surface area (Å²) >= 11 is 3.46. The average Bonchev–Trinajstić information content (AvgIpc) is 2.52. The maximum atomic E-state index is 12.2. The van der Waals surface area contributed by atoms with E-state index < -0.39 is 0 Å². The van der Waals surface area contributed by atoms with Gasteiger partial charge < -0.3 is 10.1 Å². The molecule has 0 spiro atoms. The van der Waals surface area contributed by atoms with E-state index in [9.17, 15) is 4.79 Å². The lowest BCUT2D eigenvalue weighted by Gasteiger charge is -2.12. The zero-order valence-electron chi connectivity index (χ0n) is 13.7. The lowest BCUT2D eigenvalue weighted by Crippen LogP contribution is -2.22. The molecular formula is C19H22BrNO2. The molecule has 3 nitrogen and oxygen atoms in total. The Labute approximate surface area is 146 Å². The van der Waals surface area contributed by atoms with Crippen molar-refractivity contribution in [3.05, 3.63) is 63.6 Å². The molecule has 0 aromatic heterocycles. The van der Waals surface area contributed by atoms with Crippen LogP contribution in [0.5, 0.6) is 5.75 Å². The number of hydrogen-bond donors (Lipinski definition) is 1. The van der Waals surface area contributed by atoms with Crippen molar-refractivity contribution in [3.63, 3.8) is 0 Å². The van der Waals surface area contributed by atoms with E-state index >= 15 is 0 Å². The predicted octanol–water partition coefficient (Wildman–Crippen LogP) is 4.72. The lowest BCUT2D eigenvalue weighted by atomic mass is 10.1. The zero-order valence-corrected chi connectivity index (χ0v) is 15.3. The number of carbonyl (C=O) groups is 1. The first-order chi connectivity index (χ1) is 11.0. The Morgan fingerprint density at radius 1 is 1.17 bits per heavy atom. The second kappa shape index (κ2) is 8.16. The van der Waals surface area contributed by atoms with Crippen molar-refractivity contribution in [2.75, 3.05) is 6.61 Å². The monoisotopic (exact) mass is 375 g/mol. The number of nitrogens with one attached hydrogen (secondary N) is 1. The molecule has 4 heteroatoms. The Balaban J connectivity index is 1.96. The normalized spacial score (nSPS) is 10.7. The minimum atomic E-state index is -0.0957. The highest BCUT2D eigenvalue weighted by Crippen LogP contribution is 2.26. The van der Waals surface area contributed by atoms with E-state index in [2.05, 4.69) is 35.1 Å². The van der Waals surface area contributed by atoms with Gasteiger partial charge in [0.15, 0.2) is 0 Å². The lowest BCUT2D eigenvalue weighted by molar-refractivity contribution is 0.0951. The fourth-order valence-corrected chi connectivity index (χ4v) is 2.50. The summed E-state index contributed by atoms with van der Waals surface area (Å²) in [5.74, 6) is 1.12. The van der Waals surface area contributed by atoms with Crippen LogP contribution in [0, 0.1) is 12.8 Å². The zero-order chi connectivity index (χ0) is 16.8. The van der Waals surface area contributed by atoms with Gasteiger partial charge in [0.25, 0.3) is 5.91 Å². The van der Waals surface area contributed by atoms with E-state index in [1.807, 2.05) is 37.3 Å². The van der Waals surface area contributed by atoms with Crippen molar-refractivity contribution in [2.24, 2.45) is 5.92 Å². The third-order valence-electron chi connectivity index (χ3n) is 3.34. The van der Waals surface area contributed by atoms with E-state index in [0.717, 1.165) is 15.8 Å². The van der Waals surface area contributed by atoms with Crippen LogP contribution in [-0.4, -0.2) is 12.5 Å². The molecule has 0 radical (unpaired) electrons. The number of aryl methyl sites for hydroxylation is 1. The molecule has 0 unspecified atom stereocenters. The van der Waals surface area contributed by atoms with Gasteiger partial charge in [-0.1, -0.05) is 43.7 Å². The Morgan fingerprint density at radius 3 is 2.48 bits per heavy atom. The van der Waals surface area contributed by atoms with Gasteiger partial charge in [-0.25, -0.2) is 0 Å². The number of ether oxygens (including phenoxy) is 1. The van der Waals surface area contributed by atoms with Crippen molar-refractivity contribution < 1.29 is 9.53 Å². The van der Waals surface area contributed by atoms with E-state index in [1.165, 1.54) is 5.56 Å².